The van der Waals surface area contributed by atoms with Crippen molar-refractivity contribution in [3.63, 3.8) is 0 Å². The zero-order chi connectivity index (χ0) is 10.1. The fraction of sp³-hybridized carbons (Fsp3) is 0.636. The Morgan fingerprint density at radius 3 is 2.62 bits per heavy atom. The van der Waals surface area contributed by atoms with E-state index < -0.39 is 0 Å². The summed E-state index contributed by atoms with van der Waals surface area (Å²) >= 11 is 5.93. The van der Waals surface area contributed by atoms with E-state index in [0.717, 1.165) is 24.7 Å². The van der Waals surface area contributed by atoms with Crippen LogP contribution in [0.2, 0.25) is 0 Å². The summed E-state index contributed by atoms with van der Waals surface area (Å²) < 4.78 is 0. The van der Waals surface area contributed by atoms with Crippen LogP contribution in [0.15, 0.2) is 22.9 Å². The third-order valence-corrected chi connectivity index (χ3v) is 3.13. The molecule has 0 heterocycles. The molecule has 1 atom stereocenters. The summed E-state index contributed by atoms with van der Waals surface area (Å²) in [7, 11) is 0. The van der Waals surface area contributed by atoms with Gasteiger partial charge < -0.3 is 5.11 Å². The van der Waals surface area contributed by atoms with Gasteiger partial charge in [0, 0.05) is 10.6 Å². The highest BCUT2D eigenvalue weighted by Gasteiger charge is 2.28. The van der Waals surface area contributed by atoms with Crippen molar-refractivity contribution < 1.29 is 5.11 Å². The minimum atomic E-state index is 0.280. The van der Waals surface area contributed by atoms with E-state index in [1.807, 2.05) is 6.08 Å². The van der Waals surface area contributed by atoms with E-state index in [1.54, 1.807) is 0 Å². The molecule has 0 amide bonds. The second kappa shape index (κ2) is 3.75. The van der Waals surface area contributed by atoms with Gasteiger partial charge in [-0.1, -0.05) is 38.4 Å². The maximum Gasteiger partial charge on any atom is 0.0838 e. The predicted octanol–water partition coefficient (Wildman–Crippen LogP) is 4.01. The number of allylic oxidation sites excluding steroid dienone is 3. The largest absolute Gasteiger partial charge is 0.515 e. The lowest BCUT2D eigenvalue weighted by Gasteiger charge is -2.33. The number of rotatable bonds is 0. The highest BCUT2D eigenvalue weighted by atomic mass is 35.5. The van der Waals surface area contributed by atoms with Crippen LogP contribution in [0.5, 0.6) is 0 Å². The van der Waals surface area contributed by atoms with Crippen LogP contribution in [0.1, 0.15) is 33.6 Å². The standard InChI is InChI=1S/C11H17ClO/c1-11(2,3)9-4-5-10(12)8(6-9)7-13/h5,7,9,13H,4,6H2,1-3H3/b8-7+. The molecule has 1 aliphatic carbocycles. The molecule has 0 fully saturated rings. The van der Waals surface area contributed by atoms with E-state index >= 15 is 0 Å². The molecule has 0 saturated carbocycles. The highest BCUT2D eigenvalue weighted by Crippen LogP contribution is 2.40. The van der Waals surface area contributed by atoms with Crippen molar-refractivity contribution >= 4 is 11.6 Å². The van der Waals surface area contributed by atoms with Gasteiger partial charge in [-0.25, -0.2) is 0 Å². The molecule has 1 unspecified atom stereocenters. The lowest BCUT2D eigenvalue weighted by Crippen LogP contribution is -2.22. The number of hydrogen-bond donors (Lipinski definition) is 1. The van der Waals surface area contributed by atoms with Crippen LogP contribution in [0, 0.1) is 11.3 Å². The lowest BCUT2D eigenvalue weighted by molar-refractivity contribution is 0.235. The Kier molecular flexibility index (Phi) is 3.07. The van der Waals surface area contributed by atoms with Gasteiger partial charge in [0.1, 0.15) is 0 Å². The van der Waals surface area contributed by atoms with Gasteiger partial charge in [-0.2, -0.15) is 0 Å². The fourth-order valence-electron chi connectivity index (χ4n) is 1.60. The first kappa shape index (κ1) is 10.6. The van der Waals surface area contributed by atoms with Crippen LogP contribution in [0.25, 0.3) is 0 Å². The first-order chi connectivity index (χ1) is 5.95. The topological polar surface area (TPSA) is 20.2 Å². The van der Waals surface area contributed by atoms with Gasteiger partial charge in [0.25, 0.3) is 0 Å². The zero-order valence-corrected chi connectivity index (χ0v) is 9.23. The molecule has 1 aliphatic rings. The van der Waals surface area contributed by atoms with Gasteiger partial charge in [0.05, 0.1) is 6.26 Å². The summed E-state index contributed by atoms with van der Waals surface area (Å²) in [6.45, 7) is 6.67. The maximum atomic E-state index is 8.96. The van der Waals surface area contributed by atoms with Crippen LogP contribution in [-0.4, -0.2) is 5.11 Å². The van der Waals surface area contributed by atoms with Gasteiger partial charge >= 0.3 is 0 Å². The molecule has 0 spiro atoms. The molecule has 0 saturated heterocycles. The summed E-state index contributed by atoms with van der Waals surface area (Å²) in [5, 5.41) is 9.67. The quantitative estimate of drug-likeness (QED) is 0.586. The first-order valence-electron chi connectivity index (χ1n) is 4.64. The summed E-state index contributed by atoms with van der Waals surface area (Å²) in [6.07, 6.45) is 5.04. The summed E-state index contributed by atoms with van der Waals surface area (Å²) in [4.78, 5) is 0. The van der Waals surface area contributed by atoms with Gasteiger partial charge in [0.15, 0.2) is 0 Å². The molecule has 0 radical (unpaired) electrons. The van der Waals surface area contributed by atoms with E-state index in [-0.39, 0.29) is 5.41 Å². The number of aliphatic hydroxyl groups is 1. The minimum absolute atomic E-state index is 0.280. The van der Waals surface area contributed by atoms with Crippen LogP contribution in [0.4, 0.5) is 0 Å². The fourth-order valence-corrected chi connectivity index (χ4v) is 1.81. The third kappa shape index (κ3) is 2.50. The maximum absolute atomic E-state index is 8.96. The van der Waals surface area contributed by atoms with Gasteiger partial charge in [-0.05, 0) is 24.2 Å². The summed E-state index contributed by atoms with van der Waals surface area (Å²) in [6, 6.07) is 0. The Labute approximate surface area is 85.1 Å². The molecule has 0 aliphatic heterocycles. The first-order valence-corrected chi connectivity index (χ1v) is 5.02. The van der Waals surface area contributed by atoms with Crippen molar-refractivity contribution in [2.24, 2.45) is 11.3 Å². The van der Waals surface area contributed by atoms with Crippen molar-refractivity contribution in [1.82, 2.24) is 0 Å². The van der Waals surface area contributed by atoms with E-state index in [2.05, 4.69) is 20.8 Å². The second-order valence-corrected chi connectivity index (χ2v) is 5.12. The molecule has 0 bridgehead atoms. The average molecular weight is 201 g/mol. The van der Waals surface area contributed by atoms with E-state index in [4.69, 9.17) is 16.7 Å². The predicted molar refractivity (Wildman–Crippen MR) is 56.8 cm³/mol. The van der Waals surface area contributed by atoms with Crippen molar-refractivity contribution in [1.29, 1.82) is 0 Å². The van der Waals surface area contributed by atoms with Crippen LogP contribution in [0.3, 0.4) is 0 Å². The molecular formula is C11H17ClO. The Morgan fingerprint density at radius 1 is 1.54 bits per heavy atom. The third-order valence-electron chi connectivity index (χ3n) is 2.74. The van der Waals surface area contributed by atoms with Crippen molar-refractivity contribution in [2.45, 2.75) is 33.6 Å². The molecule has 2 heteroatoms. The number of halogens is 1. The van der Waals surface area contributed by atoms with Crippen LogP contribution in [-0.2, 0) is 0 Å². The molecule has 0 aromatic rings. The van der Waals surface area contributed by atoms with Crippen molar-refractivity contribution in [2.75, 3.05) is 0 Å². The van der Waals surface area contributed by atoms with E-state index in [1.165, 1.54) is 0 Å². The summed E-state index contributed by atoms with van der Waals surface area (Å²) in [5.41, 5.74) is 1.15. The van der Waals surface area contributed by atoms with Crippen molar-refractivity contribution in [3.8, 4) is 0 Å². The Morgan fingerprint density at radius 2 is 2.15 bits per heavy atom. The average Bonchev–Trinajstić information content (AvgIpc) is 2.03. The van der Waals surface area contributed by atoms with E-state index in [9.17, 15) is 0 Å². The highest BCUT2D eigenvalue weighted by molar-refractivity contribution is 6.32. The molecular weight excluding hydrogens is 184 g/mol. The number of aliphatic hydroxyl groups excluding tert-OH is 1. The second-order valence-electron chi connectivity index (χ2n) is 4.71. The normalized spacial score (nSPS) is 27.5. The minimum Gasteiger partial charge on any atom is -0.515 e. The Hall–Kier alpha value is -0.430. The Bertz CT molecular complexity index is 245. The van der Waals surface area contributed by atoms with Crippen LogP contribution >= 0.6 is 11.6 Å². The molecule has 13 heavy (non-hydrogen) atoms. The monoisotopic (exact) mass is 200 g/mol. The molecule has 74 valence electrons. The van der Waals surface area contributed by atoms with Gasteiger partial charge in [0.2, 0.25) is 0 Å². The molecule has 1 nitrogen and oxygen atoms in total. The number of hydrogen-bond acceptors (Lipinski definition) is 1. The molecule has 0 aromatic carbocycles. The van der Waals surface area contributed by atoms with Gasteiger partial charge in [-0.15, -0.1) is 0 Å². The Balaban J connectivity index is 2.80. The SMILES string of the molecule is CC(C)(C)C1CC=C(Cl)/C(=C/O)C1. The molecule has 0 aromatic heterocycles. The van der Waals surface area contributed by atoms with Gasteiger partial charge in [-0.3, -0.25) is 0 Å². The van der Waals surface area contributed by atoms with Crippen molar-refractivity contribution in [3.05, 3.63) is 22.9 Å². The smallest absolute Gasteiger partial charge is 0.0838 e. The molecule has 1 rings (SSSR count). The zero-order valence-electron chi connectivity index (χ0n) is 8.47. The lowest BCUT2D eigenvalue weighted by atomic mass is 9.73. The molecule has 1 N–H and O–H groups in total. The van der Waals surface area contributed by atoms with Crippen LogP contribution < -0.4 is 0 Å². The van der Waals surface area contributed by atoms with E-state index in [0.29, 0.717) is 11.0 Å². The summed E-state index contributed by atoms with van der Waals surface area (Å²) in [5.74, 6) is 0.577.